The Balaban J connectivity index is 1.66. The first-order valence-electron chi connectivity index (χ1n) is 8.47. The number of nitrogens with one attached hydrogen (secondary N) is 1. The lowest BCUT2D eigenvalue weighted by Crippen LogP contribution is -2.30. The summed E-state index contributed by atoms with van der Waals surface area (Å²) in [6.07, 6.45) is 1.79. The van der Waals surface area contributed by atoms with Gasteiger partial charge in [-0.05, 0) is 25.1 Å². The summed E-state index contributed by atoms with van der Waals surface area (Å²) in [4.78, 5) is 16.3. The van der Waals surface area contributed by atoms with Crippen molar-refractivity contribution in [2.45, 2.75) is 19.4 Å². The van der Waals surface area contributed by atoms with Crippen LogP contribution in [0.4, 0.5) is 8.78 Å². The summed E-state index contributed by atoms with van der Waals surface area (Å²) in [5, 5.41) is 26.6. The van der Waals surface area contributed by atoms with E-state index in [4.69, 9.17) is 10.5 Å². The van der Waals surface area contributed by atoms with Crippen LogP contribution in [0.15, 0.2) is 29.8 Å². The summed E-state index contributed by atoms with van der Waals surface area (Å²) in [6.45, 7) is 2.07. The number of hydrogen-bond donors (Lipinski definition) is 1. The van der Waals surface area contributed by atoms with Gasteiger partial charge in [-0.3, -0.25) is 9.48 Å². The zero-order valence-electron chi connectivity index (χ0n) is 15.2. The molecule has 3 rings (SSSR count). The third-order valence-electron chi connectivity index (χ3n) is 4.08. The van der Waals surface area contributed by atoms with Crippen LogP contribution in [0, 0.1) is 34.3 Å². The lowest BCUT2D eigenvalue weighted by molar-refractivity contribution is 0.0943. The Morgan fingerprint density at radius 1 is 1.34 bits per heavy atom. The van der Waals surface area contributed by atoms with Crippen molar-refractivity contribution in [2.24, 2.45) is 0 Å². The molecule has 0 fully saturated rings. The molecule has 0 aliphatic rings. The highest BCUT2D eigenvalue weighted by Gasteiger charge is 2.16. The summed E-state index contributed by atoms with van der Waals surface area (Å²) in [7, 11) is 0. The zero-order valence-corrected chi connectivity index (χ0v) is 16.0. The first-order valence-corrected chi connectivity index (χ1v) is 9.35. The minimum Gasteiger partial charge on any atom is -0.349 e. The molecule has 0 radical (unpaired) electrons. The van der Waals surface area contributed by atoms with Crippen LogP contribution in [0.25, 0.3) is 11.3 Å². The minimum atomic E-state index is -0.948. The molecule has 1 unspecified atom stereocenters. The van der Waals surface area contributed by atoms with Gasteiger partial charge in [-0.1, -0.05) is 0 Å². The highest BCUT2D eigenvalue weighted by molar-refractivity contribution is 7.09. The second-order valence-electron chi connectivity index (χ2n) is 6.13. The smallest absolute Gasteiger partial charge is 0.270 e. The van der Waals surface area contributed by atoms with Crippen molar-refractivity contribution in [1.29, 1.82) is 10.5 Å². The van der Waals surface area contributed by atoms with Crippen LogP contribution in [0.2, 0.25) is 0 Å². The second kappa shape index (κ2) is 8.59. The molecule has 0 aliphatic heterocycles. The quantitative estimate of drug-likeness (QED) is 0.669. The summed E-state index contributed by atoms with van der Waals surface area (Å²) >= 11 is 1.25. The van der Waals surface area contributed by atoms with Gasteiger partial charge in [0.2, 0.25) is 0 Å². The third-order valence-corrected chi connectivity index (χ3v) is 4.93. The van der Waals surface area contributed by atoms with E-state index in [1.165, 1.54) is 17.4 Å². The summed E-state index contributed by atoms with van der Waals surface area (Å²) in [5.41, 5.74) is 0.161. The molecular weight excluding hydrogens is 398 g/mol. The molecule has 1 aromatic carbocycles. The van der Waals surface area contributed by atoms with Crippen molar-refractivity contribution in [3.05, 3.63) is 57.7 Å². The van der Waals surface area contributed by atoms with Crippen LogP contribution in [0.5, 0.6) is 0 Å². The number of carbonyl (C=O) groups is 1. The van der Waals surface area contributed by atoms with Gasteiger partial charge in [0.05, 0.1) is 24.2 Å². The van der Waals surface area contributed by atoms with Gasteiger partial charge in [0.1, 0.15) is 34.0 Å². The summed E-state index contributed by atoms with van der Waals surface area (Å²) < 4.78 is 29.2. The topological polar surface area (TPSA) is 107 Å². The van der Waals surface area contributed by atoms with Crippen LogP contribution in [-0.4, -0.2) is 27.2 Å². The Kier molecular flexibility index (Phi) is 5.96. The van der Waals surface area contributed by atoms with E-state index in [-0.39, 0.29) is 36.2 Å². The molecule has 29 heavy (non-hydrogen) atoms. The third kappa shape index (κ3) is 4.45. The Morgan fingerprint density at radius 3 is 2.72 bits per heavy atom. The van der Waals surface area contributed by atoms with Crippen molar-refractivity contribution in [1.82, 2.24) is 20.1 Å². The maximum atomic E-state index is 13.8. The van der Waals surface area contributed by atoms with Gasteiger partial charge in [-0.2, -0.15) is 15.6 Å². The van der Waals surface area contributed by atoms with Gasteiger partial charge in [0, 0.05) is 23.7 Å². The average Bonchev–Trinajstić information content (AvgIpc) is 3.36. The van der Waals surface area contributed by atoms with Crippen LogP contribution >= 0.6 is 11.3 Å². The molecule has 0 aliphatic carbocycles. The Morgan fingerprint density at radius 2 is 2.07 bits per heavy atom. The van der Waals surface area contributed by atoms with E-state index in [2.05, 4.69) is 15.4 Å². The lowest BCUT2D eigenvalue weighted by atomic mass is 10.1. The highest BCUT2D eigenvalue weighted by atomic mass is 32.1. The molecule has 0 bridgehead atoms. The molecular formula is C19H14F2N6OS. The molecule has 0 spiro atoms. The average molecular weight is 412 g/mol. The molecule has 3 aromatic rings. The van der Waals surface area contributed by atoms with Crippen LogP contribution in [0.1, 0.15) is 34.0 Å². The predicted molar refractivity (Wildman–Crippen MR) is 101 cm³/mol. The van der Waals surface area contributed by atoms with E-state index in [9.17, 15) is 13.6 Å². The summed E-state index contributed by atoms with van der Waals surface area (Å²) in [6, 6.07) is 6.92. The zero-order chi connectivity index (χ0) is 21.0. The van der Waals surface area contributed by atoms with Crippen LogP contribution < -0.4 is 5.32 Å². The van der Waals surface area contributed by atoms with Gasteiger partial charge < -0.3 is 5.32 Å². The number of rotatable bonds is 6. The molecule has 1 N–H and O–H groups in total. The van der Waals surface area contributed by atoms with Crippen LogP contribution in [-0.2, 0) is 6.42 Å². The maximum absolute atomic E-state index is 13.8. The monoisotopic (exact) mass is 412 g/mol. The standard InChI is InChI=1S/C19H14F2N6OS/c1-11(9-24-19(28)17-10-29-18(25-17)2-4-22)27-5-3-16(26-27)12-6-14(20)13(8-23)15(21)7-12/h3,5-7,10-11H,2,9H2,1H3,(H,24,28). The SMILES string of the molecule is CC(CNC(=O)c1csc(CC#N)n1)n1ccc(-c2cc(F)c(C#N)c(F)c2)n1. The van der Waals surface area contributed by atoms with Gasteiger partial charge in [-0.15, -0.1) is 11.3 Å². The van der Waals surface area contributed by atoms with Crippen molar-refractivity contribution in [3.8, 4) is 23.4 Å². The molecule has 2 heterocycles. The molecule has 7 nitrogen and oxygen atoms in total. The first-order chi connectivity index (χ1) is 13.9. The van der Waals surface area contributed by atoms with Crippen molar-refractivity contribution in [3.63, 3.8) is 0 Å². The normalized spacial score (nSPS) is 11.5. The molecule has 2 aromatic heterocycles. The number of halogens is 2. The molecule has 1 amide bonds. The molecule has 1 atom stereocenters. The fourth-order valence-corrected chi connectivity index (χ4v) is 3.26. The predicted octanol–water partition coefficient (Wildman–Crippen LogP) is 3.21. The Hall–Kier alpha value is -3.63. The fourth-order valence-electron chi connectivity index (χ4n) is 2.55. The van der Waals surface area contributed by atoms with Gasteiger partial charge >= 0.3 is 0 Å². The number of aromatic nitrogens is 3. The maximum Gasteiger partial charge on any atom is 0.270 e. The number of nitrogens with zero attached hydrogens (tertiary/aromatic N) is 5. The van der Waals surface area contributed by atoms with Crippen LogP contribution in [0.3, 0.4) is 0 Å². The van der Waals surface area contributed by atoms with Crippen molar-refractivity contribution < 1.29 is 13.6 Å². The largest absolute Gasteiger partial charge is 0.349 e. The van der Waals surface area contributed by atoms with Crippen molar-refractivity contribution >= 4 is 17.2 Å². The van der Waals surface area contributed by atoms with E-state index in [0.717, 1.165) is 12.1 Å². The van der Waals surface area contributed by atoms with E-state index in [1.54, 1.807) is 22.3 Å². The van der Waals surface area contributed by atoms with Gasteiger partial charge in [-0.25, -0.2) is 13.8 Å². The highest BCUT2D eigenvalue weighted by Crippen LogP contribution is 2.23. The number of hydrogen-bond acceptors (Lipinski definition) is 6. The van der Waals surface area contributed by atoms with Crippen molar-refractivity contribution in [2.75, 3.05) is 6.54 Å². The Labute approximate surface area is 168 Å². The molecule has 10 heteroatoms. The number of thiazole rings is 1. The van der Waals surface area contributed by atoms with Gasteiger partial charge in [0.15, 0.2) is 0 Å². The number of nitriles is 2. The van der Waals surface area contributed by atoms with E-state index < -0.39 is 17.2 Å². The molecule has 146 valence electrons. The molecule has 0 saturated carbocycles. The Bertz CT molecular complexity index is 1120. The first kappa shape index (κ1) is 20.1. The number of benzene rings is 1. The lowest BCUT2D eigenvalue weighted by Gasteiger charge is -2.12. The minimum absolute atomic E-state index is 0.154. The van der Waals surface area contributed by atoms with E-state index in [0.29, 0.717) is 10.7 Å². The number of carbonyl (C=O) groups excluding carboxylic acids is 1. The second-order valence-corrected chi connectivity index (χ2v) is 7.07. The fraction of sp³-hybridized carbons (Fsp3) is 0.211. The van der Waals surface area contributed by atoms with E-state index >= 15 is 0 Å². The molecule has 0 saturated heterocycles. The van der Waals surface area contributed by atoms with Gasteiger partial charge in [0.25, 0.3) is 5.91 Å². The number of amides is 1. The van der Waals surface area contributed by atoms with E-state index in [1.807, 2.05) is 13.0 Å². The summed E-state index contributed by atoms with van der Waals surface area (Å²) in [5.74, 6) is -2.26.